The van der Waals surface area contributed by atoms with Crippen molar-refractivity contribution < 1.29 is 168 Å². The van der Waals surface area contributed by atoms with Crippen molar-refractivity contribution in [1.82, 2.24) is 15.0 Å². The molecular formula is C102H80Cl3F24N3O13. The number of phenols is 1. The van der Waals surface area contributed by atoms with Crippen LogP contribution in [0.3, 0.4) is 0 Å². The van der Waals surface area contributed by atoms with Crippen molar-refractivity contribution in [2.45, 2.75) is 157 Å². The van der Waals surface area contributed by atoms with Crippen LogP contribution in [0.25, 0.3) is 0 Å². The number of aliphatic carboxylic acids is 1. The van der Waals surface area contributed by atoms with Crippen molar-refractivity contribution in [2.24, 2.45) is 0 Å². The highest BCUT2D eigenvalue weighted by atomic mass is 35.5. The molecule has 770 valence electrons. The lowest BCUT2D eigenvalue weighted by Gasteiger charge is -2.34. The van der Waals surface area contributed by atoms with Crippen LogP contribution >= 0.6 is 34.8 Å². The zero-order chi connectivity index (χ0) is 107. The summed E-state index contributed by atoms with van der Waals surface area (Å²) >= 11 is 18.2. The number of benzene rings is 9. The number of rotatable bonds is 43. The number of pyridine rings is 3. The van der Waals surface area contributed by atoms with Gasteiger partial charge in [-0.1, -0.05) is 71.2 Å². The zero-order valence-electron chi connectivity index (χ0n) is 75.7. The van der Waals surface area contributed by atoms with E-state index in [2.05, 4.69) is 33.9 Å². The second-order valence-corrected chi connectivity index (χ2v) is 34.5. The second-order valence-electron chi connectivity index (χ2n) is 33.2. The van der Waals surface area contributed by atoms with Crippen LogP contribution in [0.4, 0.5) is 105 Å². The first kappa shape index (κ1) is 113. The summed E-state index contributed by atoms with van der Waals surface area (Å²) < 4.78 is 364. The molecule has 0 saturated heterocycles. The summed E-state index contributed by atoms with van der Waals surface area (Å²) in [6.45, 7) is 1.55. The minimum absolute atomic E-state index is 0.00423. The van der Waals surface area contributed by atoms with Crippen molar-refractivity contribution in [3.8, 4) is 34.5 Å². The Hall–Kier alpha value is -13.6. The molecule has 0 spiro atoms. The number of aromatic hydroxyl groups is 1. The number of carboxylic acid groups (broad SMARTS) is 1. The molecule has 0 bridgehead atoms. The van der Waals surface area contributed by atoms with Crippen LogP contribution in [0, 0.1) is 34.9 Å². The van der Waals surface area contributed by atoms with Gasteiger partial charge in [0.25, 0.3) is 17.8 Å². The maximum atomic E-state index is 15.2. The van der Waals surface area contributed by atoms with E-state index in [9.17, 15) is 126 Å². The zero-order valence-corrected chi connectivity index (χ0v) is 77.9. The van der Waals surface area contributed by atoms with Gasteiger partial charge in [-0.05, 0) is 229 Å². The smallest absolute Gasteiger partial charge is 0.461 e. The number of Topliss-reactive ketones (excluding diaryl/α,β-unsaturated/α-hetero) is 3. The van der Waals surface area contributed by atoms with Crippen molar-refractivity contribution in [2.75, 3.05) is 20.3 Å². The number of ether oxygens (including phenoxy) is 6. The van der Waals surface area contributed by atoms with E-state index in [0.29, 0.717) is 110 Å². The highest BCUT2D eigenvalue weighted by Gasteiger charge is 2.50. The molecule has 16 nitrogen and oxygen atoms in total. The Bertz CT molecular complexity index is 6530. The van der Waals surface area contributed by atoms with Crippen molar-refractivity contribution in [3.05, 3.63) is 371 Å². The molecule has 0 aliphatic heterocycles. The molecule has 3 atom stereocenters. The summed E-state index contributed by atoms with van der Waals surface area (Å²) in [4.78, 5) is 76.8. The predicted octanol–water partition coefficient (Wildman–Crippen LogP) is 27.8. The number of hydrogen-bond donors (Lipinski definition) is 2. The molecule has 0 amide bonds. The average Bonchev–Trinajstić information content (AvgIpc) is 0.759. The normalized spacial score (nSPS) is 13.3. The van der Waals surface area contributed by atoms with Gasteiger partial charge < -0.3 is 38.6 Å². The number of alkyl halides is 18. The van der Waals surface area contributed by atoms with E-state index in [-0.39, 0.29) is 123 Å². The van der Waals surface area contributed by atoms with Gasteiger partial charge in [0.05, 0.1) is 69.2 Å². The number of nitrogens with zero attached hydrogens (tertiary/aromatic N) is 3. The van der Waals surface area contributed by atoms with Gasteiger partial charge in [-0.25, -0.2) is 52.7 Å². The van der Waals surface area contributed by atoms with Crippen LogP contribution in [0.1, 0.15) is 164 Å². The third-order valence-corrected chi connectivity index (χ3v) is 22.9. The molecule has 0 aliphatic carbocycles. The van der Waals surface area contributed by atoms with Crippen LogP contribution in [-0.4, -0.2) is 112 Å². The molecule has 3 heterocycles. The largest absolute Gasteiger partial charge is 0.508 e. The van der Waals surface area contributed by atoms with E-state index in [4.69, 9.17) is 49.4 Å². The minimum atomic E-state index is -5.03. The number of carbonyl (C=O) groups is 5. The standard InChI is InChI=1S/C36H30ClF8NO5.C35H28ClF8NO5.C31H22ClF8NO3/c1-34(42,43)28-14-22(7-11-29(28)39)30(47)19-35(31-12-8-24(37)20-46-31,23-15-25(38)17-27(16-23)51-36(44,45)33(40)41)18-21-5-9-26(10-6-21)50-13-3-4-32(48)49-2;1-33(41,42)27-13-21(6-10-28(27)38)29(46)18-34(30-11-7-23(36)19-45-30,17-20-4-8-25(9-5-20)49-12-2-3-31(47)48)22-14-24(37)16-26(15-22)50-35(43,44)32(39)40;1-29(37,38)24-10-18(4-8-25(24)34)26(43)15-30(27-9-5-20(32)16-41-27,14-17-2-6-22(42)7-3-17)19-11-21(33)13-23(12-19)44-31(39,40)28(35)36/h5-12,14-17,20,33H,3-4,13,18-19H2,1-2H3;4-11,13-16,19,32H,2-3,12,17-18H2,1H3,(H,47,48);2-13,16,28,42H,14-15H2,1H3/t35-;34-;30-/m010/s1. The lowest BCUT2D eigenvalue weighted by Crippen LogP contribution is -2.36. The van der Waals surface area contributed by atoms with Crippen molar-refractivity contribution in [3.63, 3.8) is 0 Å². The Labute approximate surface area is 825 Å². The van der Waals surface area contributed by atoms with Crippen LogP contribution in [-0.2, 0) is 67.6 Å². The minimum Gasteiger partial charge on any atom is -0.508 e. The number of methoxy groups -OCH3 is 1. The monoisotopic (exact) mass is 2120 g/mol. The molecule has 2 N–H and O–H groups in total. The third kappa shape index (κ3) is 30.3. The number of carboxylic acids is 1. The van der Waals surface area contributed by atoms with Crippen molar-refractivity contribution in [1.29, 1.82) is 0 Å². The number of aromatic nitrogens is 3. The molecule has 0 fully saturated rings. The Morgan fingerprint density at radius 3 is 0.876 bits per heavy atom. The number of ketones is 3. The van der Waals surface area contributed by atoms with E-state index >= 15 is 8.78 Å². The second kappa shape index (κ2) is 47.5. The number of hydrogen-bond acceptors (Lipinski definition) is 15. The number of esters is 1. The van der Waals surface area contributed by atoms with Gasteiger partial charge in [-0.2, -0.15) is 52.7 Å². The summed E-state index contributed by atoms with van der Waals surface area (Å²) in [6.07, 6.45) is -26.7. The van der Waals surface area contributed by atoms with Gasteiger partial charge in [0.1, 0.15) is 69.4 Å². The molecule has 0 unspecified atom stereocenters. The topological polar surface area (TPSA) is 220 Å². The Balaban J connectivity index is 0.000000224. The number of carbonyl (C=O) groups excluding carboxylic acids is 4. The number of halogens is 27. The van der Waals surface area contributed by atoms with Gasteiger partial charge in [-0.15, -0.1) is 0 Å². The maximum Gasteiger partial charge on any atom is 0.461 e. The first-order chi connectivity index (χ1) is 67.8. The van der Waals surface area contributed by atoms with E-state index in [1.807, 2.05) is 0 Å². The summed E-state index contributed by atoms with van der Waals surface area (Å²) in [6, 6.07) is 39.4. The summed E-state index contributed by atoms with van der Waals surface area (Å²) in [5, 5.41) is 19.0. The fourth-order valence-corrected chi connectivity index (χ4v) is 15.6. The van der Waals surface area contributed by atoms with Gasteiger partial charge in [0.2, 0.25) is 0 Å². The van der Waals surface area contributed by atoms with Gasteiger partial charge in [-0.3, -0.25) is 38.9 Å². The van der Waals surface area contributed by atoms with Crippen LogP contribution in [0.15, 0.2) is 237 Å². The fraction of sp³-hybridized carbons (Fsp3) is 0.275. The first-order valence-corrected chi connectivity index (χ1v) is 43.9. The molecular weight excluding hydrogens is 2040 g/mol. The van der Waals surface area contributed by atoms with Gasteiger partial charge in [0, 0.05) is 123 Å². The quantitative estimate of drug-likeness (QED) is 0.0157. The van der Waals surface area contributed by atoms with Crippen molar-refractivity contribution >= 4 is 64.1 Å². The Kier molecular flexibility index (Phi) is 37.1. The number of phenolic OH excluding ortho intramolecular Hbond substituents is 1. The maximum absolute atomic E-state index is 15.2. The lowest BCUT2D eigenvalue weighted by molar-refractivity contribution is -0.253. The van der Waals surface area contributed by atoms with E-state index in [1.165, 1.54) is 111 Å². The van der Waals surface area contributed by atoms with Gasteiger partial charge >= 0.3 is 49.5 Å². The van der Waals surface area contributed by atoms with Crippen LogP contribution in [0.2, 0.25) is 15.1 Å². The molecule has 9 aromatic carbocycles. The molecule has 3 aromatic heterocycles. The fourth-order valence-electron chi connectivity index (χ4n) is 15.3. The van der Waals surface area contributed by atoms with Gasteiger partial charge in [0.15, 0.2) is 17.3 Å². The first-order valence-electron chi connectivity index (χ1n) is 42.8. The van der Waals surface area contributed by atoms with Crippen LogP contribution < -0.4 is 23.7 Å². The summed E-state index contributed by atoms with van der Waals surface area (Å²) in [5.74, 6) is -24.9. The average molecular weight is 2120 g/mol. The predicted molar refractivity (Wildman–Crippen MR) is 480 cm³/mol. The van der Waals surface area contributed by atoms with E-state index in [0.717, 1.165) is 54.6 Å². The SMILES string of the molecule is CC(F)(F)c1cc(C(=O)C[C@@](Cc2ccc(O)cc2)(c2cc(F)cc(OC(F)(F)C(F)F)c2)c2ccc(Cl)cn2)ccc1F.CC(F)(F)c1cc(C(=O)C[C@](Cc2ccc(OCCCC(=O)O)cc2)(c2cc(F)cc(OC(F)(F)C(F)F)c2)c2ccc(Cl)cn2)ccc1F.COC(=O)CCCOc1ccc(C[C@](CC(=O)c2ccc(F)c(C(C)(F)F)c2)(c2cc(F)cc(OC(F)(F)C(F)F)c2)c2ccc(Cl)cn2)cc1. The molecule has 43 heteroatoms. The van der Waals surface area contributed by atoms with E-state index in [1.54, 1.807) is 24.3 Å². The molecule has 0 saturated carbocycles. The molecule has 0 aliphatic rings. The molecule has 12 aromatic rings. The Morgan fingerprint density at radius 1 is 0.352 bits per heavy atom. The third-order valence-electron chi connectivity index (χ3n) is 22.2. The lowest BCUT2D eigenvalue weighted by atomic mass is 9.68. The molecule has 0 radical (unpaired) electrons. The summed E-state index contributed by atoms with van der Waals surface area (Å²) in [7, 11) is 1.26. The molecule has 145 heavy (non-hydrogen) atoms. The summed E-state index contributed by atoms with van der Waals surface area (Å²) in [5.41, 5.74) is -9.25. The highest BCUT2D eigenvalue weighted by molar-refractivity contribution is 6.31. The Morgan fingerprint density at radius 2 is 0.628 bits per heavy atom. The van der Waals surface area contributed by atoms with Crippen LogP contribution in [0.5, 0.6) is 34.5 Å². The highest BCUT2D eigenvalue weighted by Crippen LogP contribution is 2.49. The molecule has 12 rings (SSSR count). The van der Waals surface area contributed by atoms with E-state index < -0.39 is 189 Å².